The molecule has 0 aliphatic carbocycles. The Labute approximate surface area is 139 Å². The molecule has 0 saturated carbocycles. The summed E-state index contributed by atoms with van der Waals surface area (Å²) in [5, 5.41) is 9.02. The Morgan fingerprint density at radius 2 is 1.95 bits per heavy atom. The molecule has 0 bridgehead atoms. The quantitative estimate of drug-likeness (QED) is 0.733. The Balaban J connectivity index is 1.73. The number of hydrogen-bond donors (Lipinski definition) is 1. The highest BCUT2D eigenvalue weighted by molar-refractivity contribution is 7.10. The molecule has 1 atom stereocenters. The molecule has 0 unspecified atom stereocenters. The third kappa shape index (κ3) is 4.00. The van der Waals surface area contributed by atoms with Crippen molar-refractivity contribution in [3.05, 3.63) is 68.1 Å². The van der Waals surface area contributed by atoms with E-state index in [2.05, 4.69) is 50.3 Å². The minimum atomic E-state index is 0.236. The van der Waals surface area contributed by atoms with Crippen LogP contribution >= 0.6 is 22.7 Å². The van der Waals surface area contributed by atoms with Gasteiger partial charge in [0.2, 0.25) is 0 Å². The Kier molecular flexibility index (Phi) is 4.97. The van der Waals surface area contributed by atoms with Crippen LogP contribution in [0.5, 0.6) is 0 Å². The summed E-state index contributed by atoms with van der Waals surface area (Å²) in [4.78, 5) is 10.6. The Hall–Kier alpha value is -1.56. The molecule has 0 saturated heterocycles. The fourth-order valence-electron chi connectivity index (χ4n) is 2.33. The molecular weight excluding hydrogens is 310 g/mol. The number of aromatic nitrogens is 2. The van der Waals surface area contributed by atoms with Crippen molar-refractivity contribution in [2.24, 2.45) is 0 Å². The van der Waals surface area contributed by atoms with Gasteiger partial charge in [0.1, 0.15) is 5.01 Å². The van der Waals surface area contributed by atoms with Gasteiger partial charge in [-0.1, -0.05) is 12.1 Å². The zero-order valence-electron chi connectivity index (χ0n) is 12.7. The molecule has 114 valence electrons. The molecule has 0 aliphatic heterocycles. The zero-order valence-corrected chi connectivity index (χ0v) is 14.4. The van der Waals surface area contributed by atoms with Crippen LogP contribution in [0.4, 0.5) is 0 Å². The van der Waals surface area contributed by atoms with Crippen molar-refractivity contribution in [2.75, 3.05) is 0 Å². The summed E-state index contributed by atoms with van der Waals surface area (Å²) in [6, 6.07) is 10.7. The van der Waals surface area contributed by atoms with Crippen molar-refractivity contribution in [1.82, 2.24) is 15.3 Å². The second-order valence-corrected chi connectivity index (χ2v) is 7.24. The molecular formula is C17H19N3S2. The maximum Gasteiger partial charge on any atom is 0.110 e. The molecule has 1 N–H and O–H groups in total. The lowest BCUT2D eigenvalue weighted by molar-refractivity contribution is 0.525. The standard InChI is InChI=1S/C17H19N3S2/c1-12-5-3-6-14(19-12)10-18-16(9-15-7-4-8-21-15)17-20-13(2)11-22-17/h3-8,11,16,18H,9-10H2,1-2H3/t16-/m1/s1. The molecule has 22 heavy (non-hydrogen) atoms. The molecule has 0 aromatic carbocycles. The Bertz CT molecular complexity index is 719. The van der Waals surface area contributed by atoms with Crippen LogP contribution in [0.2, 0.25) is 0 Å². The van der Waals surface area contributed by atoms with Gasteiger partial charge in [-0.3, -0.25) is 4.98 Å². The highest BCUT2D eigenvalue weighted by atomic mass is 32.1. The highest BCUT2D eigenvalue weighted by Crippen LogP contribution is 2.24. The first-order valence-electron chi connectivity index (χ1n) is 7.31. The molecule has 0 amide bonds. The van der Waals surface area contributed by atoms with Crippen molar-refractivity contribution in [3.63, 3.8) is 0 Å². The summed E-state index contributed by atoms with van der Waals surface area (Å²) in [6.45, 7) is 4.83. The molecule has 3 nitrogen and oxygen atoms in total. The summed E-state index contributed by atoms with van der Waals surface area (Å²) >= 11 is 3.53. The number of thiazole rings is 1. The van der Waals surface area contributed by atoms with Crippen LogP contribution in [0.1, 0.15) is 33.0 Å². The van der Waals surface area contributed by atoms with Gasteiger partial charge < -0.3 is 5.32 Å². The first-order chi connectivity index (χ1) is 10.7. The lowest BCUT2D eigenvalue weighted by Crippen LogP contribution is -2.23. The number of hydrogen-bond acceptors (Lipinski definition) is 5. The molecule has 5 heteroatoms. The fraction of sp³-hybridized carbons (Fsp3) is 0.294. The van der Waals surface area contributed by atoms with Crippen molar-refractivity contribution in [2.45, 2.75) is 32.9 Å². The number of pyridine rings is 1. The molecule has 3 aromatic rings. The highest BCUT2D eigenvalue weighted by Gasteiger charge is 2.16. The predicted molar refractivity (Wildman–Crippen MR) is 93.4 cm³/mol. The van der Waals surface area contributed by atoms with Gasteiger partial charge in [0.25, 0.3) is 0 Å². The minimum Gasteiger partial charge on any atom is -0.302 e. The number of aryl methyl sites for hydroxylation is 2. The maximum absolute atomic E-state index is 4.66. The second-order valence-electron chi connectivity index (χ2n) is 5.31. The average molecular weight is 329 g/mol. The molecule has 3 aromatic heterocycles. The van der Waals surface area contributed by atoms with Crippen molar-refractivity contribution in [1.29, 1.82) is 0 Å². The fourth-order valence-corrected chi connectivity index (χ4v) is 3.96. The van der Waals surface area contributed by atoms with Crippen LogP contribution < -0.4 is 5.32 Å². The van der Waals surface area contributed by atoms with Crippen LogP contribution in [-0.4, -0.2) is 9.97 Å². The first kappa shape index (κ1) is 15.3. The molecule has 0 spiro atoms. The molecule has 3 rings (SSSR count). The molecule has 3 heterocycles. The van der Waals surface area contributed by atoms with Gasteiger partial charge in [0.05, 0.1) is 11.7 Å². The van der Waals surface area contributed by atoms with Gasteiger partial charge in [0.15, 0.2) is 0 Å². The maximum atomic E-state index is 4.66. The van der Waals surface area contributed by atoms with E-state index in [0.717, 1.165) is 35.1 Å². The van der Waals surface area contributed by atoms with Crippen LogP contribution in [0.25, 0.3) is 0 Å². The van der Waals surface area contributed by atoms with E-state index in [4.69, 9.17) is 0 Å². The van der Waals surface area contributed by atoms with E-state index in [0.29, 0.717) is 0 Å². The van der Waals surface area contributed by atoms with E-state index in [1.807, 2.05) is 19.9 Å². The molecule has 0 fully saturated rings. The normalized spacial score (nSPS) is 12.5. The van der Waals surface area contributed by atoms with E-state index in [1.165, 1.54) is 4.88 Å². The van der Waals surface area contributed by atoms with Gasteiger partial charge in [-0.15, -0.1) is 22.7 Å². The third-order valence-corrected chi connectivity index (χ3v) is 5.37. The Morgan fingerprint density at radius 3 is 2.64 bits per heavy atom. The van der Waals surface area contributed by atoms with Crippen molar-refractivity contribution < 1.29 is 0 Å². The molecule has 0 aliphatic rings. The lowest BCUT2D eigenvalue weighted by atomic mass is 10.2. The van der Waals surface area contributed by atoms with Gasteiger partial charge in [-0.2, -0.15) is 0 Å². The number of nitrogens with one attached hydrogen (secondary N) is 1. The van der Waals surface area contributed by atoms with Gasteiger partial charge in [-0.25, -0.2) is 4.98 Å². The number of nitrogens with zero attached hydrogens (tertiary/aromatic N) is 2. The minimum absolute atomic E-state index is 0.236. The van der Waals surface area contributed by atoms with E-state index >= 15 is 0 Å². The van der Waals surface area contributed by atoms with Gasteiger partial charge >= 0.3 is 0 Å². The first-order valence-corrected chi connectivity index (χ1v) is 9.07. The van der Waals surface area contributed by atoms with Crippen LogP contribution in [-0.2, 0) is 13.0 Å². The summed E-state index contributed by atoms with van der Waals surface area (Å²) < 4.78 is 0. The topological polar surface area (TPSA) is 37.8 Å². The van der Waals surface area contributed by atoms with E-state index < -0.39 is 0 Å². The third-order valence-electron chi connectivity index (χ3n) is 3.40. The van der Waals surface area contributed by atoms with Crippen LogP contribution in [0.3, 0.4) is 0 Å². The Morgan fingerprint density at radius 1 is 1.05 bits per heavy atom. The largest absolute Gasteiger partial charge is 0.302 e. The summed E-state index contributed by atoms with van der Waals surface area (Å²) in [5.74, 6) is 0. The lowest BCUT2D eigenvalue weighted by Gasteiger charge is -2.16. The second kappa shape index (κ2) is 7.13. The van der Waals surface area contributed by atoms with Crippen LogP contribution in [0.15, 0.2) is 41.1 Å². The molecule has 0 radical (unpaired) electrons. The van der Waals surface area contributed by atoms with Crippen molar-refractivity contribution >= 4 is 22.7 Å². The van der Waals surface area contributed by atoms with Gasteiger partial charge in [-0.05, 0) is 37.4 Å². The average Bonchev–Trinajstić information content (AvgIpc) is 3.15. The number of thiophene rings is 1. The van der Waals surface area contributed by atoms with Gasteiger partial charge in [0, 0.05) is 34.6 Å². The monoisotopic (exact) mass is 329 g/mol. The van der Waals surface area contributed by atoms with Crippen molar-refractivity contribution in [3.8, 4) is 0 Å². The van der Waals surface area contributed by atoms with E-state index in [-0.39, 0.29) is 6.04 Å². The zero-order chi connectivity index (χ0) is 15.4. The smallest absolute Gasteiger partial charge is 0.110 e. The SMILES string of the molecule is Cc1cccc(CN[C@H](Cc2cccs2)c2nc(C)cs2)n1. The predicted octanol–water partition coefficient (Wildman–Crippen LogP) is 4.29. The summed E-state index contributed by atoms with van der Waals surface area (Å²) in [5.41, 5.74) is 3.22. The summed E-state index contributed by atoms with van der Waals surface area (Å²) in [7, 11) is 0. The summed E-state index contributed by atoms with van der Waals surface area (Å²) in [6.07, 6.45) is 0.969. The van der Waals surface area contributed by atoms with E-state index in [1.54, 1.807) is 22.7 Å². The van der Waals surface area contributed by atoms with Crippen LogP contribution in [0, 0.1) is 13.8 Å². The van der Waals surface area contributed by atoms with E-state index in [9.17, 15) is 0 Å². The number of rotatable bonds is 6.